The largest absolute Gasteiger partial charge is 0.391 e. The van der Waals surface area contributed by atoms with Gasteiger partial charge in [-0.1, -0.05) is 121 Å². The minimum atomic E-state index is -0.554. The third kappa shape index (κ3) is 7.90. The Morgan fingerprint density at radius 2 is 0.914 bits per heavy atom. The quantitative estimate of drug-likeness (QED) is 0.286. The number of aliphatic hydroxyl groups excluding tert-OH is 1. The van der Waals surface area contributed by atoms with E-state index >= 15 is 0 Å². The molecule has 0 radical (unpaired) electrons. The van der Waals surface area contributed by atoms with Crippen molar-refractivity contribution in [3.63, 3.8) is 0 Å². The van der Waals surface area contributed by atoms with Crippen LogP contribution in [0.5, 0.6) is 0 Å². The molecule has 3 nitrogen and oxygen atoms in total. The molecule has 3 N–H and O–H groups in total. The summed E-state index contributed by atoms with van der Waals surface area (Å²) in [5.41, 5.74) is 11.5. The Kier molecular flexibility index (Phi) is 9.24. The fourth-order valence-electron chi connectivity index (χ4n) is 4.76. The van der Waals surface area contributed by atoms with E-state index in [-0.39, 0.29) is 12.1 Å². The lowest BCUT2D eigenvalue weighted by atomic mass is 9.92. The summed E-state index contributed by atoms with van der Waals surface area (Å²) in [6.45, 7) is 1.52. The lowest BCUT2D eigenvalue weighted by Gasteiger charge is -2.36. The zero-order valence-corrected chi connectivity index (χ0v) is 20.3. The molecule has 3 atom stereocenters. The number of nitrogens with zero attached hydrogens (tertiary/aromatic N) is 1. The van der Waals surface area contributed by atoms with Crippen LogP contribution in [0.25, 0.3) is 0 Å². The molecule has 0 spiro atoms. The van der Waals surface area contributed by atoms with Crippen LogP contribution in [0.15, 0.2) is 121 Å². The van der Waals surface area contributed by atoms with Crippen LogP contribution < -0.4 is 5.73 Å². The summed E-state index contributed by atoms with van der Waals surface area (Å²) in [7, 11) is 0. The number of aliphatic hydroxyl groups is 1. The fraction of sp³-hybridized carbons (Fsp3) is 0.250. The molecule has 0 aliphatic heterocycles. The Bertz CT molecular complexity index is 1060. The maximum Gasteiger partial charge on any atom is 0.0713 e. The molecule has 3 heteroatoms. The van der Waals surface area contributed by atoms with Gasteiger partial charge >= 0.3 is 0 Å². The Balaban J connectivity index is 1.58. The van der Waals surface area contributed by atoms with E-state index in [1.807, 2.05) is 36.4 Å². The topological polar surface area (TPSA) is 49.5 Å². The van der Waals surface area contributed by atoms with Gasteiger partial charge < -0.3 is 10.8 Å². The van der Waals surface area contributed by atoms with E-state index in [1.54, 1.807) is 0 Å². The first-order valence-corrected chi connectivity index (χ1v) is 12.5. The zero-order valence-electron chi connectivity index (χ0n) is 20.3. The Morgan fingerprint density at radius 1 is 0.543 bits per heavy atom. The third-order valence-electron chi connectivity index (χ3n) is 6.54. The van der Waals surface area contributed by atoms with Gasteiger partial charge in [0.05, 0.1) is 6.10 Å². The average molecular weight is 465 g/mol. The Hall–Kier alpha value is -3.24. The van der Waals surface area contributed by atoms with Gasteiger partial charge in [0.1, 0.15) is 0 Å². The maximum atomic E-state index is 11.6. The molecule has 0 aliphatic rings. The van der Waals surface area contributed by atoms with E-state index in [0.29, 0.717) is 6.42 Å². The lowest BCUT2D eigenvalue weighted by Crippen LogP contribution is -2.46. The number of benzene rings is 4. The molecule has 0 fully saturated rings. The zero-order chi connectivity index (χ0) is 24.3. The van der Waals surface area contributed by atoms with E-state index in [1.165, 1.54) is 22.3 Å². The minimum Gasteiger partial charge on any atom is -0.391 e. The second kappa shape index (κ2) is 13.0. The molecule has 0 bridgehead atoms. The van der Waals surface area contributed by atoms with Crippen molar-refractivity contribution < 1.29 is 5.11 Å². The van der Waals surface area contributed by atoms with Crippen molar-refractivity contribution in [3.05, 3.63) is 144 Å². The SMILES string of the molecule is NC(Cc1ccccc1)C[C@H](O)C(Cc1ccccc1)N(Cc1ccccc1)Cc1ccccc1. The number of nitrogens with two attached hydrogens (primary N) is 1. The van der Waals surface area contributed by atoms with Crippen LogP contribution in [0.1, 0.15) is 28.7 Å². The van der Waals surface area contributed by atoms with Gasteiger partial charge in [-0.05, 0) is 41.5 Å². The smallest absolute Gasteiger partial charge is 0.0713 e. The van der Waals surface area contributed by atoms with Crippen molar-refractivity contribution in [2.24, 2.45) is 5.73 Å². The van der Waals surface area contributed by atoms with Gasteiger partial charge in [-0.15, -0.1) is 0 Å². The highest BCUT2D eigenvalue weighted by Gasteiger charge is 2.28. The van der Waals surface area contributed by atoms with Gasteiger partial charge in [0, 0.05) is 25.2 Å². The van der Waals surface area contributed by atoms with Crippen LogP contribution in [-0.4, -0.2) is 28.2 Å². The third-order valence-corrected chi connectivity index (χ3v) is 6.54. The van der Waals surface area contributed by atoms with Crippen molar-refractivity contribution in [1.82, 2.24) is 4.90 Å². The van der Waals surface area contributed by atoms with E-state index < -0.39 is 6.10 Å². The molecule has 0 saturated carbocycles. The maximum absolute atomic E-state index is 11.6. The predicted molar refractivity (Wildman–Crippen MR) is 145 cm³/mol. The summed E-state index contributed by atoms with van der Waals surface area (Å²) in [6, 6.07) is 41.6. The summed E-state index contributed by atoms with van der Waals surface area (Å²) in [5.74, 6) is 0. The van der Waals surface area contributed by atoms with Crippen molar-refractivity contribution in [2.45, 2.75) is 50.5 Å². The summed E-state index contributed by atoms with van der Waals surface area (Å²) in [4.78, 5) is 2.41. The van der Waals surface area contributed by atoms with Gasteiger partial charge in [-0.3, -0.25) is 4.90 Å². The molecule has 0 saturated heterocycles. The molecule has 0 heterocycles. The fourth-order valence-corrected chi connectivity index (χ4v) is 4.76. The highest BCUT2D eigenvalue weighted by atomic mass is 16.3. The molecule has 0 aromatic heterocycles. The number of hydrogen-bond acceptors (Lipinski definition) is 3. The molecule has 4 aromatic carbocycles. The molecule has 0 aliphatic carbocycles. The summed E-state index contributed by atoms with van der Waals surface area (Å²) < 4.78 is 0. The molecule has 0 amide bonds. The van der Waals surface area contributed by atoms with Gasteiger partial charge in [0.25, 0.3) is 0 Å². The van der Waals surface area contributed by atoms with Crippen molar-refractivity contribution >= 4 is 0 Å². The van der Waals surface area contributed by atoms with E-state index in [4.69, 9.17) is 5.73 Å². The minimum absolute atomic E-state index is 0.0698. The van der Waals surface area contributed by atoms with Gasteiger partial charge in [-0.2, -0.15) is 0 Å². The van der Waals surface area contributed by atoms with Crippen molar-refractivity contribution in [2.75, 3.05) is 0 Å². The first-order chi connectivity index (χ1) is 17.2. The van der Waals surface area contributed by atoms with Gasteiger partial charge in [0.2, 0.25) is 0 Å². The molecule has 35 heavy (non-hydrogen) atoms. The van der Waals surface area contributed by atoms with Gasteiger partial charge in [-0.25, -0.2) is 0 Å². The number of rotatable bonds is 12. The second-order valence-electron chi connectivity index (χ2n) is 9.39. The second-order valence-corrected chi connectivity index (χ2v) is 9.39. The van der Waals surface area contributed by atoms with Gasteiger partial charge in [0.15, 0.2) is 0 Å². The van der Waals surface area contributed by atoms with Crippen LogP contribution in [0.3, 0.4) is 0 Å². The van der Waals surface area contributed by atoms with Crippen molar-refractivity contribution in [3.8, 4) is 0 Å². The summed E-state index contributed by atoms with van der Waals surface area (Å²) in [5, 5.41) is 11.6. The number of hydrogen-bond donors (Lipinski definition) is 2. The van der Waals surface area contributed by atoms with E-state index in [9.17, 15) is 5.11 Å². The lowest BCUT2D eigenvalue weighted by molar-refractivity contribution is 0.0301. The first-order valence-electron chi connectivity index (χ1n) is 12.5. The Morgan fingerprint density at radius 3 is 1.34 bits per heavy atom. The van der Waals surface area contributed by atoms with Crippen LogP contribution in [-0.2, 0) is 25.9 Å². The van der Waals surface area contributed by atoms with Crippen LogP contribution in [0.4, 0.5) is 0 Å². The molecule has 180 valence electrons. The first kappa shape index (κ1) is 24.9. The highest BCUT2D eigenvalue weighted by molar-refractivity contribution is 5.20. The summed E-state index contributed by atoms with van der Waals surface area (Å²) in [6.07, 6.45) is 1.51. The molecule has 4 aromatic rings. The predicted octanol–water partition coefficient (Wildman–Crippen LogP) is 5.62. The van der Waals surface area contributed by atoms with Crippen LogP contribution in [0.2, 0.25) is 0 Å². The van der Waals surface area contributed by atoms with Crippen LogP contribution >= 0.6 is 0 Å². The average Bonchev–Trinajstić information content (AvgIpc) is 2.89. The molecular formula is C32H36N2O. The molecule has 2 unspecified atom stereocenters. The van der Waals surface area contributed by atoms with E-state index in [0.717, 1.165) is 25.9 Å². The Labute approximate surface area is 209 Å². The highest BCUT2D eigenvalue weighted by Crippen LogP contribution is 2.22. The van der Waals surface area contributed by atoms with Crippen molar-refractivity contribution in [1.29, 1.82) is 0 Å². The monoisotopic (exact) mass is 464 g/mol. The standard InChI is InChI=1S/C32H36N2O/c33-30(21-26-13-5-1-6-14-26)23-32(35)31(22-27-15-7-2-8-16-27)34(24-28-17-9-3-10-18-28)25-29-19-11-4-12-20-29/h1-20,30-32,35H,21-25,33H2/t30?,31?,32-/m0/s1. The summed E-state index contributed by atoms with van der Waals surface area (Å²) >= 11 is 0. The normalized spacial score (nSPS) is 13.9. The van der Waals surface area contributed by atoms with E-state index in [2.05, 4.69) is 89.8 Å². The van der Waals surface area contributed by atoms with Crippen LogP contribution in [0, 0.1) is 0 Å². The molecule has 4 rings (SSSR count). The molecular weight excluding hydrogens is 428 g/mol.